The summed E-state index contributed by atoms with van der Waals surface area (Å²) in [4.78, 5) is 8.11. The third kappa shape index (κ3) is 1.78. The van der Waals surface area contributed by atoms with Crippen molar-refractivity contribution >= 4 is 11.8 Å². The maximum atomic E-state index is 5.53. The van der Waals surface area contributed by atoms with Crippen LogP contribution in [0.15, 0.2) is 6.20 Å². The van der Waals surface area contributed by atoms with Crippen LogP contribution in [-0.2, 0) is 0 Å². The molecule has 2 unspecified atom stereocenters. The summed E-state index contributed by atoms with van der Waals surface area (Å²) >= 11 is 0. The van der Waals surface area contributed by atoms with E-state index in [1.807, 2.05) is 6.92 Å². The van der Waals surface area contributed by atoms with Crippen LogP contribution in [0.2, 0.25) is 0 Å². The van der Waals surface area contributed by atoms with Gasteiger partial charge in [0, 0.05) is 17.8 Å². The van der Waals surface area contributed by atoms with Crippen LogP contribution in [0.5, 0.6) is 0 Å². The smallest absolute Gasteiger partial charge is 0.221 e. The van der Waals surface area contributed by atoms with Gasteiger partial charge in [-0.2, -0.15) is 4.98 Å². The summed E-state index contributed by atoms with van der Waals surface area (Å²) in [5.41, 5.74) is 6.58. The average molecular weight is 192 g/mol. The van der Waals surface area contributed by atoms with Crippen molar-refractivity contribution in [3.05, 3.63) is 11.8 Å². The summed E-state index contributed by atoms with van der Waals surface area (Å²) in [5.74, 6) is 2.04. The molecule has 4 nitrogen and oxygen atoms in total. The molecule has 1 aromatic rings. The van der Waals surface area contributed by atoms with E-state index in [0.29, 0.717) is 12.0 Å². The van der Waals surface area contributed by atoms with E-state index >= 15 is 0 Å². The summed E-state index contributed by atoms with van der Waals surface area (Å²) in [5, 5.41) is 3.39. The first-order valence-corrected chi connectivity index (χ1v) is 5.06. The zero-order valence-electron chi connectivity index (χ0n) is 8.62. The summed E-state index contributed by atoms with van der Waals surface area (Å²) in [6, 6.07) is 0.591. The third-order valence-corrected chi connectivity index (χ3v) is 2.76. The molecular weight excluding hydrogens is 176 g/mol. The van der Waals surface area contributed by atoms with Crippen molar-refractivity contribution < 1.29 is 0 Å². The van der Waals surface area contributed by atoms with Gasteiger partial charge < -0.3 is 11.1 Å². The predicted octanol–water partition coefficient (Wildman–Crippen LogP) is 1.58. The van der Waals surface area contributed by atoms with Gasteiger partial charge in [-0.05, 0) is 19.3 Å². The van der Waals surface area contributed by atoms with Crippen molar-refractivity contribution in [2.45, 2.75) is 32.7 Å². The van der Waals surface area contributed by atoms with Gasteiger partial charge in [-0.15, -0.1) is 0 Å². The second-order valence-corrected chi connectivity index (χ2v) is 3.91. The molecule has 2 rings (SSSR count). The van der Waals surface area contributed by atoms with Crippen LogP contribution in [0.25, 0.3) is 0 Å². The van der Waals surface area contributed by atoms with Crippen LogP contribution >= 0.6 is 0 Å². The van der Waals surface area contributed by atoms with Crippen molar-refractivity contribution in [2.75, 3.05) is 11.1 Å². The molecule has 0 bridgehead atoms. The maximum absolute atomic E-state index is 5.53. The Morgan fingerprint density at radius 1 is 1.64 bits per heavy atom. The number of anilines is 2. The van der Waals surface area contributed by atoms with Crippen molar-refractivity contribution in [2.24, 2.45) is 5.92 Å². The molecule has 0 spiro atoms. The fraction of sp³-hybridized carbons (Fsp3) is 0.600. The highest BCUT2D eigenvalue weighted by molar-refractivity contribution is 5.47. The predicted molar refractivity (Wildman–Crippen MR) is 57.0 cm³/mol. The molecule has 0 radical (unpaired) electrons. The number of hydrogen-bond donors (Lipinski definition) is 2. The number of nitrogens with two attached hydrogens (primary N) is 1. The fourth-order valence-corrected chi connectivity index (χ4v) is 1.65. The topological polar surface area (TPSA) is 63.8 Å². The Morgan fingerprint density at radius 2 is 2.43 bits per heavy atom. The first-order valence-electron chi connectivity index (χ1n) is 5.06. The largest absolute Gasteiger partial charge is 0.368 e. The summed E-state index contributed by atoms with van der Waals surface area (Å²) < 4.78 is 0. The molecule has 1 heterocycles. The molecule has 1 aromatic heterocycles. The van der Waals surface area contributed by atoms with E-state index in [0.717, 1.165) is 17.3 Å². The highest BCUT2D eigenvalue weighted by Crippen LogP contribution is 2.36. The Hall–Kier alpha value is -1.32. The van der Waals surface area contributed by atoms with E-state index in [1.54, 1.807) is 6.20 Å². The molecular formula is C10H16N4. The van der Waals surface area contributed by atoms with Crippen molar-refractivity contribution in [1.82, 2.24) is 9.97 Å². The monoisotopic (exact) mass is 192 g/mol. The lowest BCUT2D eigenvalue weighted by Crippen LogP contribution is -2.09. The molecule has 76 valence electrons. The molecule has 0 amide bonds. The van der Waals surface area contributed by atoms with Crippen LogP contribution < -0.4 is 11.1 Å². The first-order chi connectivity index (χ1) is 6.70. The van der Waals surface area contributed by atoms with E-state index in [2.05, 4.69) is 22.2 Å². The van der Waals surface area contributed by atoms with Crippen molar-refractivity contribution in [3.63, 3.8) is 0 Å². The SMILES string of the molecule is CCC1CC1Nc1nc(N)ncc1C. The van der Waals surface area contributed by atoms with Gasteiger partial charge in [0.15, 0.2) is 0 Å². The minimum Gasteiger partial charge on any atom is -0.368 e. The lowest BCUT2D eigenvalue weighted by molar-refractivity contribution is 0.773. The Balaban J connectivity index is 2.06. The highest BCUT2D eigenvalue weighted by Gasteiger charge is 2.35. The molecule has 1 saturated carbocycles. The Kier molecular flexibility index (Phi) is 2.27. The Labute approximate surface area is 83.9 Å². The summed E-state index contributed by atoms with van der Waals surface area (Å²) in [6.45, 7) is 4.21. The van der Waals surface area contributed by atoms with E-state index < -0.39 is 0 Å². The van der Waals surface area contributed by atoms with Crippen LogP contribution in [-0.4, -0.2) is 16.0 Å². The van der Waals surface area contributed by atoms with Gasteiger partial charge in [-0.1, -0.05) is 13.3 Å². The molecule has 1 aliphatic rings. The van der Waals surface area contributed by atoms with Gasteiger partial charge in [-0.25, -0.2) is 4.98 Å². The quantitative estimate of drug-likeness (QED) is 0.763. The van der Waals surface area contributed by atoms with E-state index in [4.69, 9.17) is 5.73 Å². The third-order valence-electron chi connectivity index (χ3n) is 2.76. The maximum Gasteiger partial charge on any atom is 0.221 e. The Bertz CT molecular complexity index is 337. The zero-order valence-corrected chi connectivity index (χ0v) is 8.62. The number of nitrogens with zero attached hydrogens (tertiary/aromatic N) is 2. The summed E-state index contributed by atoms with van der Waals surface area (Å²) in [6.07, 6.45) is 4.24. The van der Waals surface area contributed by atoms with Gasteiger partial charge in [0.1, 0.15) is 5.82 Å². The van der Waals surface area contributed by atoms with Crippen molar-refractivity contribution in [1.29, 1.82) is 0 Å². The molecule has 14 heavy (non-hydrogen) atoms. The molecule has 0 aliphatic heterocycles. The second kappa shape index (κ2) is 3.44. The fourth-order valence-electron chi connectivity index (χ4n) is 1.65. The summed E-state index contributed by atoms with van der Waals surface area (Å²) in [7, 11) is 0. The average Bonchev–Trinajstić information content (AvgIpc) is 2.90. The van der Waals surface area contributed by atoms with E-state index in [-0.39, 0.29) is 0 Å². The standard InChI is InChI=1S/C10H16N4/c1-3-7-4-8(7)13-9-6(2)5-12-10(11)14-9/h5,7-8H,3-4H2,1-2H3,(H3,11,12,13,14). The number of nitrogens with one attached hydrogen (secondary N) is 1. The first kappa shape index (κ1) is 9.24. The zero-order chi connectivity index (χ0) is 10.1. The van der Waals surface area contributed by atoms with Gasteiger partial charge in [0.25, 0.3) is 0 Å². The Morgan fingerprint density at radius 3 is 3.07 bits per heavy atom. The van der Waals surface area contributed by atoms with Crippen LogP contribution in [0.1, 0.15) is 25.3 Å². The van der Waals surface area contributed by atoms with E-state index in [9.17, 15) is 0 Å². The van der Waals surface area contributed by atoms with Gasteiger partial charge in [0.2, 0.25) is 5.95 Å². The number of aryl methyl sites for hydroxylation is 1. The minimum atomic E-state index is 0.340. The number of nitrogen functional groups attached to an aromatic ring is 1. The lowest BCUT2D eigenvalue weighted by atomic mass is 10.3. The van der Waals surface area contributed by atoms with E-state index in [1.165, 1.54) is 12.8 Å². The minimum absolute atomic E-state index is 0.340. The molecule has 3 N–H and O–H groups in total. The molecule has 1 aliphatic carbocycles. The molecule has 0 aromatic carbocycles. The molecule has 4 heteroatoms. The number of rotatable bonds is 3. The number of aromatic nitrogens is 2. The molecule has 1 fully saturated rings. The van der Waals surface area contributed by atoms with Crippen LogP contribution in [0.4, 0.5) is 11.8 Å². The van der Waals surface area contributed by atoms with Crippen molar-refractivity contribution in [3.8, 4) is 0 Å². The van der Waals surface area contributed by atoms with Gasteiger partial charge in [0.05, 0.1) is 0 Å². The number of hydrogen-bond acceptors (Lipinski definition) is 4. The second-order valence-electron chi connectivity index (χ2n) is 3.91. The highest BCUT2D eigenvalue weighted by atomic mass is 15.1. The van der Waals surface area contributed by atoms with Gasteiger partial charge in [-0.3, -0.25) is 0 Å². The van der Waals surface area contributed by atoms with Crippen LogP contribution in [0.3, 0.4) is 0 Å². The molecule has 0 saturated heterocycles. The lowest BCUT2D eigenvalue weighted by Gasteiger charge is -2.07. The normalized spacial score (nSPS) is 24.7. The van der Waals surface area contributed by atoms with Crippen LogP contribution in [0, 0.1) is 12.8 Å². The molecule has 2 atom stereocenters. The van der Waals surface area contributed by atoms with Gasteiger partial charge >= 0.3 is 0 Å².